The molecule has 2 amide bonds. The second-order valence-electron chi connectivity index (χ2n) is 7.91. The smallest absolute Gasteiger partial charge is 0.255 e. The molecule has 2 aliphatic heterocycles. The zero-order valence-corrected chi connectivity index (χ0v) is 19.1. The lowest BCUT2D eigenvalue weighted by Gasteiger charge is -2.27. The van der Waals surface area contributed by atoms with Gasteiger partial charge in [0.1, 0.15) is 0 Å². The predicted octanol–water partition coefficient (Wildman–Crippen LogP) is 2.43. The minimum absolute atomic E-state index is 0.00874. The third kappa shape index (κ3) is 4.28. The van der Waals surface area contributed by atoms with Crippen LogP contribution in [0.2, 0.25) is 0 Å². The second kappa shape index (κ2) is 9.01. The van der Waals surface area contributed by atoms with Crippen molar-refractivity contribution in [2.75, 3.05) is 43.1 Å². The Bertz CT molecular complexity index is 1160. The maximum absolute atomic E-state index is 13.2. The predicted molar refractivity (Wildman–Crippen MR) is 122 cm³/mol. The van der Waals surface area contributed by atoms with Crippen molar-refractivity contribution in [1.29, 1.82) is 0 Å². The standard InChI is InChI=1S/C23H27N3O5S/c1-3-17-4-5-19(15-22(17)32(29,30)25-10-12-31-13-11-25)23(28)24-20-6-7-21-18(14-20)8-9-26(21)16(2)27/h4-7,14-15H,3,8-13H2,1-2H3,(H,24,28). The molecule has 9 heteroatoms. The van der Waals surface area contributed by atoms with Crippen molar-refractivity contribution < 1.29 is 22.7 Å². The van der Waals surface area contributed by atoms with E-state index in [0.29, 0.717) is 50.5 Å². The lowest BCUT2D eigenvalue weighted by Crippen LogP contribution is -2.41. The van der Waals surface area contributed by atoms with Crippen LogP contribution in [0.15, 0.2) is 41.3 Å². The molecule has 0 spiro atoms. The van der Waals surface area contributed by atoms with Crippen LogP contribution >= 0.6 is 0 Å². The minimum atomic E-state index is -3.72. The first-order valence-corrected chi connectivity index (χ1v) is 12.2. The van der Waals surface area contributed by atoms with Gasteiger partial charge in [-0.2, -0.15) is 4.31 Å². The van der Waals surface area contributed by atoms with Crippen molar-refractivity contribution in [2.45, 2.75) is 31.6 Å². The van der Waals surface area contributed by atoms with Gasteiger partial charge in [-0.15, -0.1) is 0 Å². The fourth-order valence-electron chi connectivity index (χ4n) is 4.16. The van der Waals surface area contributed by atoms with Gasteiger partial charge in [-0.3, -0.25) is 9.59 Å². The highest BCUT2D eigenvalue weighted by molar-refractivity contribution is 7.89. The molecule has 0 saturated carbocycles. The number of hydrogen-bond donors (Lipinski definition) is 1. The monoisotopic (exact) mass is 457 g/mol. The summed E-state index contributed by atoms with van der Waals surface area (Å²) < 4.78 is 33.1. The van der Waals surface area contributed by atoms with Crippen LogP contribution in [0.3, 0.4) is 0 Å². The molecule has 0 atom stereocenters. The molecule has 2 aromatic carbocycles. The zero-order chi connectivity index (χ0) is 22.9. The summed E-state index contributed by atoms with van der Waals surface area (Å²) in [6.45, 7) is 5.38. The van der Waals surface area contributed by atoms with Gasteiger partial charge < -0.3 is 15.0 Å². The zero-order valence-electron chi connectivity index (χ0n) is 18.3. The lowest BCUT2D eigenvalue weighted by atomic mass is 10.1. The average molecular weight is 458 g/mol. The highest BCUT2D eigenvalue weighted by Gasteiger charge is 2.29. The summed E-state index contributed by atoms with van der Waals surface area (Å²) in [5, 5.41) is 2.86. The van der Waals surface area contributed by atoms with Crippen molar-refractivity contribution in [3.05, 3.63) is 53.1 Å². The maximum atomic E-state index is 13.2. The molecule has 170 valence electrons. The molecule has 1 saturated heterocycles. The van der Waals surface area contributed by atoms with Crippen LogP contribution in [-0.4, -0.2) is 57.4 Å². The number of hydrogen-bond acceptors (Lipinski definition) is 5. The third-order valence-corrected chi connectivity index (χ3v) is 7.89. The largest absolute Gasteiger partial charge is 0.379 e. The van der Waals surface area contributed by atoms with E-state index in [1.54, 1.807) is 23.1 Å². The highest BCUT2D eigenvalue weighted by atomic mass is 32.2. The summed E-state index contributed by atoms with van der Waals surface area (Å²) in [7, 11) is -3.72. The third-order valence-electron chi connectivity index (χ3n) is 5.91. The minimum Gasteiger partial charge on any atom is -0.379 e. The van der Waals surface area contributed by atoms with Gasteiger partial charge in [-0.05, 0) is 54.3 Å². The Morgan fingerprint density at radius 1 is 1.06 bits per heavy atom. The number of morpholine rings is 1. The first-order chi connectivity index (χ1) is 15.3. The fraction of sp³-hybridized carbons (Fsp3) is 0.391. The van der Waals surface area contributed by atoms with E-state index >= 15 is 0 Å². The molecule has 2 heterocycles. The van der Waals surface area contributed by atoms with Crippen molar-refractivity contribution >= 4 is 33.2 Å². The van der Waals surface area contributed by atoms with Gasteiger partial charge in [0.25, 0.3) is 5.91 Å². The van der Waals surface area contributed by atoms with E-state index in [9.17, 15) is 18.0 Å². The number of benzene rings is 2. The van der Waals surface area contributed by atoms with Gasteiger partial charge in [-0.25, -0.2) is 8.42 Å². The molecule has 0 radical (unpaired) electrons. The topological polar surface area (TPSA) is 96.0 Å². The highest BCUT2D eigenvalue weighted by Crippen LogP contribution is 2.31. The molecule has 0 aromatic heterocycles. The number of amides is 2. The Hall–Kier alpha value is -2.75. The van der Waals surface area contributed by atoms with E-state index in [-0.39, 0.29) is 22.3 Å². The second-order valence-corrected chi connectivity index (χ2v) is 9.82. The summed E-state index contributed by atoms with van der Waals surface area (Å²) in [5.74, 6) is -0.391. The van der Waals surface area contributed by atoms with Crippen molar-refractivity contribution in [3.63, 3.8) is 0 Å². The SMILES string of the molecule is CCc1ccc(C(=O)Nc2ccc3c(c2)CCN3C(C)=O)cc1S(=O)(=O)N1CCOCC1. The molecule has 2 aliphatic rings. The van der Waals surface area contributed by atoms with E-state index in [1.165, 1.54) is 17.3 Å². The molecule has 0 bridgehead atoms. The maximum Gasteiger partial charge on any atom is 0.255 e. The van der Waals surface area contributed by atoms with Gasteiger partial charge in [0.2, 0.25) is 15.9 Å². The number of nitrogens with zero attached hydrogens (tertiary/aromatic N) is 2. The molecule has 1 N–H and O–H groups in total. The van der Waals surface area contributed by atoms with Crippen LogP contribution in [0, 0.1) is 0 Å². The summed E-state index contributed by atoms with van der Waals surface area (Å²) in [5.41, 5.74) is 3.42. The Labute approximate surface area is 188 Å². The number of ether oxygens (including phenoxy) is 1. The van der Waals surface area contributed by atoms with Crippen molar-refractivity contribution in [1.82, 2.24) is 4.31 Å². The van der Waals surface area contributed by atoms with E-state index in [4.69, 9.17) is 4.74 Å². The normalized spacial score (nSPS) is 16.6. The van der Waals surface area contributed by atoms with Crippen molar-refractivity contribution in [2.24, 2.45) is 0 Å². The Kier molecular flexibility index (Phi) is 6.32. The molecule has 0 unspecified atom stereocenters. The van der Waals surface area contributed by atoms with Crippen LogP contribution in [-0.2, 0) is 32.4 Å². The quantitative estimate of drug-likeness (QED) is 0.744. The number of rotatable bonds is 5. The molecule has 4 rings (SSSR count). The number of carbonyl (C=O) groups excluding carboxylic acids is 2. The first-order valence-electron chi connectivity index (χ1n) is 10.7. The first kappa shape index (κ1) is 22.4. The van der Waals surface area contributed by atoms with Gasteiger partial charge in [0.15, 0.2) is 0 Å². The Morgan fingerprint density at radius 3 is 2.50 bits per heavy atom. The fourth-order valence-corrected chi connectivity index (χ4v) is 5.89. The Morgan fingerprint density at radius 2 is 1.81 bits per heavy atom. The number of sulfonamides is 1. The number of nitrogens with one attached hydrogen (secondary N) is 1. The van der Waals surface area contributed by atoms with Crippen LogP contribution in [0.25, 0.3) is 0 Å². The molecule has 1 fully saturated rings. The molecule has 0 aliphatic carbocycles. The number of aryl methyl sites for hydroxylation is 1. The van der Waals surface area contributed by atoms with Gasteiger partial charge in [-0.1, -0.05) is 13.0 Å². The summed E-state index contributed by atoms with van der Waals surface area (Å²) in [6, 6.07) is 10.3. The molecular formula is C23H27N3O5S. The van der Waals surface area contributed by atoms with Crippen LogP contribution < -0.4 is 10.2 Å². The van der Waals surface area contributed by atoms with E-state index in [2.05, 4.69) is 5.32 Å². The van der Waals surface area contributed by atoms with Gasteiger partial charge >= 0.3 is 0 Å². The lowest BCUT2D eigenvalue weighted by molar-refractivity contribution is -0.116. The van der Waals surface area contributed by atoms with Gasteiger partial charge in [0.05, 0.1) is 18.1 Å². The van der Waals surface area contributed by atoms with Crippen molar-refractivity contribution in [3.8, 4) is 0 Å². The Balaban J connectivity index is 1.58. The van der Waals surface area contributed by atoms with Gasteiger partial charge in [0, 0.05) is 43.5 Å². The van der Waals surface area contributed by atoms with Crippen LogP contribution in [0.1, 0.15) is 35.3 Å². The van der Waals surface area contributed by atoms with E-state index < -0.39 is 10.0 Å². The summed E-state index contributed by atoms with van der Waals surface area (Å²) in [6.07, 6.45) is 1.27. The molecular weight excluding hydrogens is 430 g/mol. The number of fused-ring (bicyclic) bond motifs is 1. The number of carbonyl (C=O) groups is 2. The summed E-state index contributed by atoms with van der Waals surface area (Å²) in [4.78, 5) is 26.6. The number of anilines is 2. The van der Waals surface area contributed by atoms with Crippen LogP contribution in [0.5, 0.6) is 0 Å². The molecule has 32 heavy (non-hydrogen) atoms. The van der Waals surface area contributed by atoms with Crippen LogP contribution in [0.4, 0.5) is 11.4 Å². The summed E-state index contributed by atoms with van der Waals surface area (Å²) >= 11 is 0. The van der Waals surface area contributed by atoms with E-state index in [0.717, 1.165) is 17.7 Å². The molecule has 2 aromatic rings. The average Bonchev–Trinajstić information content (AvgIpc) is 3.22. The molecule has 8 nitrogen and oxygen atoms in total. The van der Waals surface area contributed by atoms with E-state index in [1.807, 2.05) is 19.1 Å².